The lowest BCUT2D eigenvalue weighted by molar-refractivity contribution is 0.0914. The highest BCUT2D eigenvalue weighted by atomic mass is 16.3. The van der Waals surface area contributed by atoms with Crippen LogP contribution in [0.4, 0.5) is 0 Å². The van der Waals surface area contributed by atoms with Crippen LogP contribution in [0.3, 0.4) is 0 Å². The van der Waals surface area contributed by atoms with Crippen molar-refractivity contribution in [3.05, 3.63) is 68.6 Å². The Hall–Kier alpha value is -2.40. The molecular weight excluding hydrogens is 316 g/mol. The number of H-pyrrole nitrogens is 1. The van der Waals surface area contributed by atoms with E-state index in [4.69, 9.17) is 0 Å². The Morgan fingerprint density at radius 1 is 1.20 bits per heavy atom. The number of benzene rings is 1. The summed E-state index contributed by atoms with van der Waals surface area (Å²) in [5.74, 6) is -0.482. The number of aliphatic hydroxyl groups is 1. The molecule has 0 aliphatic heterocycles. The summed E-state index contributed by atoms with van der Waals surface area (Å²) >= 11 is 0. The van der Waals surface area contributed by atoms with Crippen molar-refractivity contribution in [1.29, 1.82) is 0 Å². The van der Waals surface area contributed by atoms with E-state index in [0.29, 0.717) is 11.3 Å². The molecule has 1 amide bonds. The number of hydrogen-bond donors (Lipinski definition) is 3. The highest BCUT2D eigenvalue weighted by Crippen LogP contribution is 2.23. The normalized spacial score (nSPS) is 12.7. The number of carbonyl (C=O) groups excluding carboxylic acids is 1. The third-order valence-corrected chi connectivity index (χ3v) is 4.21. The molecule has 0 aliphatic rings. The number of hydrogen-bond acceptors (Lipinski definition) is 3. The van der Waals surface area contributed by atoms with Crippen LogP contribution >= 0.6 is 0 Å². The SMILES string of the molecule is Cc1cc(C)c(C(=O)NCC(O)c2ccc(C(C)(C)C)cc2)c(=O)[nH]1. The van der Waals surface area contributed by atoms with Gasteiger partial charge >= 0.3 is 0 Å². The summed E-state index contributed by atoms with van der Waals surface area (Å²) in [5.41, 5.74) is 2.93. The molecule has 1 atom stereocenters. The first-order chi connectivity index (χ1) is 11.6. The molecule has 2 aromatic rings. The molecule has 0 fully saturated rings. The van der Waals surface area contributed by atoms with Gasteiger partial charge in [-0.1, -0.05) is 45.0 Å². The minimum Gasteiger partial charge on any atom is -0.387 e. The molecule has 1 heterocycles. The van der Waals surface area contributed by atoms with Gasteiger partial charge in [-0.15, -0.1) is 0 Å². The molecule has 0 saturated carbocycles. The van der Waals surface area contributed by atoms with Crippen molar-refractivity contribution in [3.63, 3.8) is 0 Å². The zero-order valence-corrected chi connectivity index (χ0v) is 15.4. The number of aryl methyl sites for hydroxylation is 2. The summed E-state index contributed by atoms with van der Waals surface area (Å²) in [7, 11) is 0. The smallest absolute Gasteiger partial charge is 0.261 e. The summed E-state index contributed by atoms with van der Waals surface area (Å²) in [6.45, 7) is 9.90. The predicted octanol–water partition coefficient (Wildman–Crippen LogP) is 2.75. The minimum absolute atomic E-state index is 0.0421. The molecule has 5 heteroatoms. The van der Waals surface area contributed by atoms with E-state index in [9.17, 15) is 14.7 Å². The van der Waals surface area contributed by atoms with E-state index in [0.717, 1.165) is 5.56 Å². The summed E-state index contributed by atoms with van der Waals surface area (Å²) in [6, 6.07) is 9.44. The molecule has 0 aliphatic carbocycles. The Bertz CT molecular complexity index is 814. The average molecular weight is 342 g/mol. The maximum atomic E-state index is 12.3. The quantitative estimate of drug-likeness (QED) is 0.799. The Labute approximate surface area is 148 Å². The highest BCUT2D eigenvalue weighted by molar-refractivity contribution is 5.95. The van der Waals surface area contributed by atoms with Gasteiger partial charge < -0.3 is 15.4 Å². The van der Waals surface area contributed by atoms with Gasteiger partial charge in [-0.25, -0.2) is 0 Å². The van der Waals surface area contributed by atoms with Crippen molar-refractivity contribution in [2.45, 2.75) is 46.1 Å². The van der Waals surface area contributed by atoms with Gasteiger partial charge in [0.05, 0.1) is 6.10 Å². The van der Waals surface area contributed by atoms with Crippen LogP contribution in [0.25, 0.3) is 0 Å². The number of aromatic amines is 1. The Morgan fingerprint density at radius 3 is 2.32 bits per heavy atom. The number of rotatable bonds is 4. The van der Waals surface area contributed by atoms with E-state index in [1.165, 1.54) is 5.56 Å². The van der Waals surface area contributed by atoms with Crippen molar-refractivity contribution in [1.82, 2.24) is 10.3 Å². The van der Waals surface area contributed by atoms with Crippen LogP contribution in [-0.2, 0) is 5.41 Å². The molecule has 1 unspecified atom stereocenters. The van der Waals surface area contributed by atoms with Gasteiger partial charge in [0.15, 0.2) is 0 Å². The zero-order chi connectivity index (χ0) is 18.8. The number of aromatic nitrogens is 1. The van der Waals surface area contributed by atoms with E-state index < -0.39 is 17.6 Å². The van der Waals surface area contributed by atoms with Crippen molar-refractivity contribution in [3.8, 4) is 0 Å². The van der Waals surface area contributed by atoms with E-state index in [-0.39, 0.29) is 17.5 Å². The Balaban J connectivity index is 2.06. The lowest BCUT2D eigenvalue weighted by atomic mass is 9.86. The van der Waals surface area contributed by atoms with Crippen molar-refractivity contribution in [2.75, 3.05) is 6.54 Å². The van der Waals surface area contributed by atoms with Gasteiger partial charge in [0.1, 0.15) is 5.56 Å². The fourth-order valence-electron chi connectivity index (χ4n) is 2.74. The topological polar surface area (TPSA) is 82.2 Å². The van der Waals surface area contributed by atoms with Crippen LogP contribution in [0, 0.1) is 13.8 Å². The first-order valence-corrected chi connectivity index (χ1v) is 8.37. The van der Waals surface area contributed by atoms with Gasteiger partial charge in [0.2, 0.25) is 0 Å². The molecule has 0 spiro atoms. The Morgan fingerprint density at radius 2 is 1.80 bits per heavy atom. The molecule has 25 heavy (non-hydrogen) atoms. The lowest BCUT2D eigenvalue weighted by Crippen LogP contribution is -2.33. The number of carbonyl (C=O) groups is 1. The van der Waals surface area contributed by atoms with Crippen LogP contribution in [0.5, 0.6) is 0 Å². The molecule has 134 valence electrons. The van der Waals surface area contributed by atoms with E-state index in [1.54, 1.807) is 19.9 Å². The van der Waals surface area contributed by atoms with Crippen LogP contribution in [0.1, 0.15) is 59.6 Å². The summed E-state index contributed by atoms with van der Waals surface area (Å²) < 4.78 is 0. The third-order valence-electron chi connectivity index (χ3n) is 4.21. The van der Waals surface area contributed by atoms with Crippen LogP contribution in [-0.4, -0.2) is 22.5 Å². The highest BCUT2D eigenvalue weighted by Gasteiger charge is 2.17. The molecule has 0 radical (unpaired) electrons. The molecule has 2 rings (SSSR count). The van der Waals surface area contributed by atoms with Crippen molar-refractivity contribution < 1.29 is 9.90 Å². The Kier molecular flexibility index (Phi) is 5.48. The molecule has 3 N–H and O–H groups in total. The second kappa shape index (κ2) is 7.23. The van der Waals surface area contributed by atoms with E-state index >= 15 is 0 Å². The van der Waals surface area contributed by atoms with Gasteiger partial charge in [-0.2, -0.15) is 0 Å². The number of amides is 1. The maximum absolute atomic E-state index is 12.3. The molecule has 5 nitrogen and oxygen atoms in total. The molecule has 0 bridgehead atoms. The summed E-state index contributed by atoms with van der Waals surface area (Å²) in [4.78, 5) is 26.9. The van der Waals surface area contributed by atoms with Crippen LogP contribution in [0.15, 0.2) is 35.1 Å². The standard InChI is InChI=1S/C20H26N2O3/c1-12-10-13(2)22-19(25)17(12)18(24)21-11-16(23)14-6-8-15(9-7-14)20(3,4)5/h6-10,16,23H,11H2,1-5H3,(H,21,24)(H,22,25). The molecular formula is C20H26N2O3. The number of nitrogens with one attached hydrogen (secondary N) is 2. The van der Waals surface area contributed by atoms with Gasteiger partial charge in [-0.3, -0.25) is 9.59 Å². The average Bonchev–Trinajstić information content (AvgIpc) is 2.51. The lowest BCUT2D eigenvalue weighted by Gasteiger charge is -2.20. The van der Waals surface area contributed by atoms with Gasteiger partial charge in [0.25, 0.3) is 11.5 Å². The second-order valence-electron chi connectivity index (χ2n) is 7.44. The zero-order valence-electron chi connectivity index (χ0n) is 15.4. The molecule has 1 aromatic carbocycles. The first-order valence-electron chi connectivity index (χ1n) is 8.37. The number of aliphatic hydroxyl groups excluding tert-OH is 1. The second-order valence-corrected chi connectivity index (χ2v) is 7.44. The third kappa shape index (κ3) is 4.57. The fourth-order valence-corrected chi connectivity index (χ4v) is 2.74. The summed E-state index contributed by atoms with van der Waals surface area (Å²) in [5, 5.41) is 12.9. The van der Waals surface area contributed by atoms with Gasteiger partial charge in [-0.05, 0) is 42.0 Å². The molecule has 0 saturated heterocycles. The summed E-state index contributed by atoms with van der Waals surface area (Å²) in [6.07, 6.45) is -0.831. The van der Waals surface area contributed by atoms with Gasteiger partial charge in [0, 0.05) is 12.2 Å². The van der Waals surface area contributed by atoms with E-state index in [2.05, 4.69) is 31.1 Å². The fraction of sp³-hybridized carbons (Fsp3) is 0.400. The maximum Gasteiger partial charge on any atom is 0.261 e. The van der Waals surface area contributed by atoms with Crippen LogP contribution in [0.2, 0.25) is 0 Å². The minimum atomic E-state index is -0.831. The van der Waals surface area contributed by atoms with Crippen LogP contribution < -0.4 is 10.9 Å². The van der Waals surface area contributed by atoms with E-state index in [1.807, 2.05) is 24.3 Å². The molecule has 1 aromatic heterocycles. The monoisotopic (exact) mass is 342 g/mol. The van der Waals surface area contributed by atoms with Crippen molar-refractivity contribution in [2.24, 2.45) is 0 Å². The van der Waals surface area contributed by atoms with Crippen molar-refractivity contribution >= 4 is 5.91 Å². The number of pyridine rings is 1. The first kappa shape index (κ1) is 18.9. The predicted molar refractivity (Wildman–Crippen MR) is 99.0 cm³/mol. The largest absolute Gasteiger partial charge is 0.387 e.